The molecule has 6 heteroatoms. The minimum atomic E-state index is -4.53. The van der Waals surface area contributed by atoms with Crippen LogP contribution >= 0.6 is 0 Å². The molecule has 4 aliphatic carbocycles. The molecule has 1 N–H and O–H groups in total. The van der Waals surface area contributed by atoms with Gasteiger partial charge in [-0.1, -0.05) is 20.8 Å². The Bertz CT molecular complexity index is 736. The van der Waals surface area contributed by atoms with Crippen LogP contribution in [0.15, 0.2) is 0 Å². The summed E-state index contributed by atoms with van der Waals surface area (Å²) in [6.07, 6.45) is 1.72. The van der Waals surface area contributed by atoms with Gasteiger partial charge in [0, 0.05) is 6.92 Å². The molecular formula is C26H41F3O3. The van der Waals surface area contributed by atoms with Crippen LogP contribution in [0.1, 0.15) is 92.4 Å². The zero-order valence-electron chi connectivity index (χ0n) is 20.3. The first kappa shape index (κ1) is 24.3. The Kier molecular flexibility index (Phi) is 6.00. The summed E-state index contributed by atoms with van der Waals surface area (Å²) in [7, 11) is 0. The second-order valence-corrected chi connectivity index (χ2v) is 12.3. The Hall–Kier alpha value is -0.780. The van der Waals surface area contributed by atoms with Crippen LogP contribution in [0.4, 0.5) is 13.2 Å². The fourth-order valence-electron chi connectivity index (χ4n) is 9.15. The standard InChI is InChI=1S/C26H41F3O3/c1-15(16(2)30)20-8-9-21-19-7-6-18-14-25(26(27,28)29,32-17(3)31)13-12-23(18,4)22(19)10-11-24(20,21)5/h15-16,18-22,30H,6-14H2,1-5H3/t15-,16-,18-,19+,20-,21+,22+,23+,24-,25-/m1/s1. The second-order valence-electron chi connectivity index (χ2n) is 12.3. The summed E-state index contributed by atoms with van der Waals surface area (Å²) in [5.74, 6) is 1.52. The Balaban J connectivity index is 1.57. The summed E-state index contributed by atoms with van der Waals surface area (Å²) in [5.41, 5.74) is -2.21. The first-order valence-electron chi connectivity index (χ1n) is 12.7. The zero-order chi connectivity index (χ0) is 23.7. The Labute approximate surface area is 190 Å². The van der Waals surface area contributed by atoms with Crippen LogP contribution in [0.3, 0.4) is 0 Å². The third kappa shape index (κ3) is 3.53. The SMILES string of the molecule is CC(=O)O[C@]1(C(F)(F)F)CC[C@@]2(C)[C@H](CC[C@@H]3[C@@H]2CC[C@]2(C)[C@@H]([C@H](C)[C@@H](C)O)CC[C@@H]32)C1. The number of ether oxygens (including phenoxy) is 1. The number of hydrogen-bond donors (Lipinski definition) is 1. The van der Waals surface area contributed by atoms with Gasteiger partial charge in [0.2, 0.25) is 5.60 Å². The molecule has 0 heterocycles. The number of carbonyl (C=O) groups excluding carboxylic acids is 1. The fraction of sp³-hybridized carbons (Fsp3) is 0.962. The van der Waals surface area contributed by atoms with Crippen molar-refractivity contribution in [2.75, 3.05) is 0 Å². The molecule has 10 atom stereocenters. The molecule has 32 heavy (non-hydrogen) atoms. The van der Waals surface area contributed by atoms with Gasteiger partial charge in [0.1, 0.15) is 0 Å². The van der Waals surface area contributed by atoms with Gasteiger partial charge in [-0.3, -0.25) is 4.79 Å². The van der Waals surface area contributed by atoms with E-state index in [4.69, 9.17) is 4.74 Å². The Morgan fingerprint density at radius 1 is 0.969 bits per heavy atom. The van der Waals surface area contributed by atoms with Crippen molar-refractivity contribution < 1.29 is 27.8 Å². The van der Waals surface area contributed by atoms with E-state index in [1.807, 2.05) is 6.92 Å². The van der Waals surface area contributed by atoms with Gasteiger partial charge in [0.05, 0.1) is 6.10 Å². The predicted octanol–water partition coefficient (Wildman–Crippen LogP) is 6.53. The first-order valence-corrected chi connectivity index (χ1v) is 12.7. The number of alkyl halides is 3. The molecule has 0 bridgehead atoms. The lowest BCUT2D eigenvalue weighted by molar-refractivity contribution is -0.296. The van der Waals surface area contributed by atoms with Crippen LogP contribution in [-0.4, -0.2) is 29.0 Å². The molecule has 0 aromatic rings. The average molecular weight is 459 g/mol. The normalized spacial score (nSPS) is 48.2. The van der Waals surface area contributed by atoms with Crippen LogP contribution in [0.25, 0.3) is 0 Å². The van der Waals surface area contributed by atoms with Crippen molar-refractivity contribution in [3.05, 3.63) is 0 Å². The molecule has 0 aromatic carbocycles. The van der Waals surface area contributed by atoms with Gasteiger partial charge in [-0.05, 0) is 111 Å². The highest BCUT2D eigenvalue weighted by Gasteiger charge is 2.67. The predicted molar refractivity (Wildman–Crippen MR) is 117 cm³/mol. The number of rotatable bonds is 3. The van der Waals surface area contributed by atoms with Crippen LogP contribution in [-0.2, 0) is 9.53 Å². The van der Waals surface area contributed by atoms with E-state index in [1.54, 1.807) is 0 Å². The van der Waals surface area contributed by atoms with E-state index in [9.17, 15) is 23.1 Å². The maximum absolute atomic E-state index is 14.1. The largest absolute Gasteiger partial charge is 0.450 e. The molecule has 0 unspecified atom stereocenters. The smallest absolute Gasteiger partial charge is 0.428 e. The second kappa shape index (κ2) is 7.88. The lowest BCUT2D eigenvalue weighted by Crippen LogP contribution is -2.60. The van der Waals surface area contributed by atoms with Crippen molar-refractivity contribution in [1.29, 1.82) is 0 Å². The van der Waals surface area contributed by atoms with Crippen molar-refractivity contribution in [2.24, 2.45) is 46.3 Å². The lowest BCUT2D eigenvalue weighted by Gasteiger charge is -2.62. The van der Waals surface area contributed by atoms with E-state index in [2.05, 4.69) is 20.8 Å². The number of esters is 1. The third-order valence-electron chi connectivity index (χ3n) is 11.0. The summed E-state index contributed by atoms with van der Waals surface area (Å²) in [6.45, 7) is 9.83. The van der Waals surface area contributed by atoms with E-state index in [-0.39, 0.29) is 41.6 Å². The van der Waals surface area contributed by atoms with Crippen molar-refractivity contribution in [3.63, 3.8) is 0 Å². The molecule has 4 aliphatic rings. The third-order valence-corrected chi connectivity index (χ3v) is 11.0. The molecule has 184 valence electrons. The van der Waals surface area contributed by atoms with E-state index >= 15 is 0 Å². The summed E-state index contributed by atoms with van der Waals surface area (Å²) in [5, 5.41) is 10.3. The van der Waals surface area contributed by atoms with Crippen LogP contribution in [0, 0.1) is 46.3 Å². The maximum atomic E-state index is 14.1. The highest BCUT2D eigenvalue weighted by molar-refractivity contribution is 5.66. The molecule has 0 radical (unpaired) electrons. The Morgan fingerprint density at radius 2 is 1.62 bits per heavy atom. The van der Waals surface area contributed by atoms with E-state index < -0.39 is 17.7 Å². The number of aliphatic hydroxyl groups excluding tert-OH is 1. The zero-order valence-corrected chi connectivity index (χ0v) is 20.3. The van der Waals surface area contributed by atoms with Gasteiger partial charge >= 0.3 is 12.1 Å². The minimum Gasteiger partial charge on any atom is -0.450 e. The van der Waals surface area contributed by atoms with Crippen LogP contribution < -0.4 is 0 Å². The van der Waals surface area contributed by atoms with E-state index in [0.29, 0.717) is 30.1 Å². The monoisotopic (exact) mass is 458 g/mol. The van der Waals surface area contributed by atoms with Crippen molar-refractivity contribution >= 4 is 5.97 Å². The van der Waals surface area contributed by atoms with Gasteiger partial charge in [-0.25, -0.2) is 0 Å². The van der Waals surface area contributed by atoms with E-state index in [0.717, 1.165) is 39.0 Å². The average Bonchev–Trinajstić information content (AvgIpc) is 3.03. The molecule has 4 rings (SSSR count). The molecule has 4 saturated carbocycles. The van der Waals surface area contributed by atoms with Gasteiger partial charge < -0.3 is 9.84 Å². The molecule has 0 amide bonds. The highest BCUT2D eigenvalue weighted by Crippen LogP contribution is 2.69. The summed E-state index contributed by atoms with van der Waals surface area (Å²) in [6, 6.07) is 0. The van der Waals surface area contributed by atoms with Gasteiger partial charge in [-0.15, -0.1) is 0 Å². The van der Waals surface area contributed by atoms with Crippen molar-refractivity contribution in [2.45, 2.75) is 110 Å². The molecule has 0 spiro atoms. The van der Waals surface area contributed by atoms with Gasteiger partial charge in [0.25, 0.3) is 0 Å². The van der Waals surface area contributed by atoms with Crippen LogP contribution in [0.2, 0.25) is 0 Å². The number of aliphatic hydroxyl groups is 1. The molecule has 4 fully saturated rings. The molecular weight excluding hydrogens is 417 g/mol. The number of halogens is 3. The number of carbonyl (C=O) groups is 1. The first-order chi connectivity index (χ1) is 14.8. The molecule has 3 nitrogen and oxygen atoms in total. The molecule has 0 aliphatic heterocycles. The minimum absolute atomic E-state index is 0.0589. The van der Waals surface area contributed by atoms with Crippen molar-refractivity contribution in [3.8, 4) is 0 Å². The van der Waals surface area contributed by atoms with Crippen molar-refractivity contribution in [1.82, 2.24) is 0 Å². The van der Waals surface area contributed by atoms with Crippen LogP contribution in [0.5, 0.6) is 0 Å². The summed E-state index contributed by atoms with van der Waals surface area (Å²) >= 11 is 0. The molecule has 0 aromatic heterocycles. The van der Waals surface area contributed by atoms with Gasteiger partial charge in [0.15, 0.2) is 0 Å². The van der Waals surface area contributed by atoms with E-state index in [1.165, 1.54) is 6.42 Å². The topological polar surface area (TPSA) is 46.5 Å². The summed E-state index contributed by atoms with van der Waals surface area (Å²) in [4.78, 5) is 11.6. The molecule has 0 saturated heterocycles. The summed E-state index contributed by atoms with van der Waals surface area (Å²) < 4.78 is 47.3. The Morgan fingerprint density at radius 3 is 2.22 bits per heavy atom. The number of hydrogen-bond acceptors (Lipinski definition) is 3. The highest BCUT2D eigenvalue weighted by atomic mass is 19.4. The maximum Gasteiger partial charge on any atom is 0.428 e. The lowest BCUT2D eigenvalue weighted by atomic mass is 9.43. The quantitative estimate of drug-likeness (QED) is 0.489. The fourth-order valence-corrected chi connectivity index (χ4v) is 9.15. The number of fused-ring (bicyclic) bond motifs is 5. The van der Waals surface area contributed by atoms with Gasteiger partial charge in [-0.2, -0.15) is 13.2 Å².